The van der Waals surface area contributed by atoms with Crippen LogP contribution >= 0.6 is 0 Å². The van der Waals surface area contributed by atoms with Gasteiger partial charge >= 0.3 is 0 Å². The molecule has 0 aromatic heterocycles. The number of rotatable bonds is 2. The molecule has 0 atom stereocenters. The third-order valence-electron chi connectivity index (χ3n) is 1.48. The minimum atomic E-state index is 0.876. The summed E-state index contributed by atoms with van der Waals surface area (Å²) in [6.45, 7) is 5.91. The highest BCUT2D eigenvalue weighted by atomic mass is 15.4. The van der Waals surface area contributed by atoms with Gasteiger partial charge < -0.3 is 0 Å². The smallest absolute Gasteiger partial charge is 0.0689 e. The summed E-state index contributed by atoms with van der Waals surface area (Å²) in [5.41, 5.74) is 1.95. The highest BCUT2D eigenvalue weighted by Gasteiger charge is 1.93. The second-order valence-corrected chi connectivity index (χ2v) is 2.34. The summed E-state index contributed by atoms with van der Waals surface area (Å²) >= 11 is 0. The molecule has 0 amide bonds. The van der Waals surface area contributed by atoms with Gasteiger partial charge in [0.25, 0.3) is 0 Å². The monoisotopic (exact) mass is 191 g/mol. The SMILES string of the molecule is CC.CN=N/N=C(\C)c1ccccc1. The molecule has 0 fully saturated rings. The van der Waals surface area contributed by atoms with E-state index in [0.717, 1.165) is 11.3 Å². The second-order valence-electron chi connectivity index (χ2n) is 2.34. The maximum atomic E-state index is 3.89. The van der Waals surface area contributed by atoms with Gasteiger partial charge in [-0.3, -0.25) is 0 Å². The van der Waals surface area contributed by atoms with E-state index in [9.17, 15) is 0 Å². The Hall–Kier alpha value is -1.51. The van der Waals surface area contributed by atoms with Gasteiger partial charge in [0.1, 0.15) is 0 Å². The highest BCUT2D eigenvalue weighted by Crippen LogP contribution is 2.00. The Bertz CT molecular complexity index is 289. The molecular formula is C11H17N3. The fourth-order valence-electron chi connectivity index (χ4n) is 0.849. The Kier molecular flexibility index (Phi) is 7.23. The fraction of sp³-hybridized carbons (Fsp3) is 0.364. The van der Waals surface area contributed by atoms with Crippen molar-refractivity contribution in [1.29, 1.82) is 0 Å². The Labute approximate surface area is 85.6 Å². The van der Waals surface area contributed by atoms with Crippen LogP contribution in [-0.2, 0) is 0 Å². The van der Waals surface area contributed by atoms with Crippen molar-refractivity contribution in [2.24, 2.45) is 15.4 Å². The van der Waals surface area contributed by atoms with Crippen molar-refractivity contribution in [3.05, 3.63) is 35.9 Å². The zero-order valence-corrected chi connectivity index (χ0v) is 9.23. The molecule has 0 radical (unpaired) electrons. The van der Waals surface area contributed by atoms with E-state index in [-0.39, 0.29) is 0 Å². The number of hydrogen-bond donors (Lipinski definition) is 0. The van der Waals surface area contributed by atoms with Crippen LogP contribution in [0.2, 0.25) is 0 Å². The van der Waals surface area contributed by atoms with Crippen LogP contribution in [0.4, 0.5) is 0 Å². The molecule has 1 aromatic rings. The molecule has 3 nitrogen and oxygen atoms in total. The lowest BCUT2D eigenvalue weighted by atomic mass is 10.1. The van der Waals surface area contributed by atoms with Crippen LogP contribution in [0.1, 0.15) is 26.3 Å². The van der Waals surface area contributed by atoms with Gasteiger partial charge in [-0.2, -0.15) is 5.11 Å². The largest absolute Gasteiger partial charge is 0.172 e. The van der Waals surface area contributed by atoms with E-state index < -0.39 is 0 Å². The van der Waals surface area contributed by atoms with E-state index in [1.807, 2.05) is 51.1 Å². The predicted molar refractivity (Wildman–Crippen MR) is 60.8 cm³/mol. The maximum Gasteiger partial charge on any atom is 0.0689 e. The van der Waals surface area contributed by atoms with Crippen LogP contribution in [-0.4, -0.2) is 12.8 Å². The van der Waals surface area contributed by atoms with Gasteiger partial charge in [0.05, 0.1) is 12.8 Å². The van der Waals surface area contributed by atoms with E-state index in [1.165, 1.54) is 0 Å². The first-order valence-electron chi connectivity index (χ1n) is 4.73. The van der Waals surface area contributed by atoms with Gasteiger partial charge in [-0.15, -0.1) is 5.10 Å². The molecule has 0 bridgehead atoms. The topological polar surface area (TPSA) is 37.1 Å². The summed E-state index contributed by atoms with van der Waals surface area (Å²) in [7, 11) is 1.60. The molecule has 0 N–H and O–H groups in total. The third-order valence-corrected chi connectivity index (χ3v) is 1.48. The molecule has 0 aliphatic carbocycles. The van der Waals surface area contributed by atoms with E-state index in [0.29, 0.717) is 0 Å². The Morgan fingerprint density at radius 1 is 1.07 bits per heavy atom. The number of benzene rings is 1. The average Bonchev–Trinajstić information content (AvgIpc) is 2.30. The molecule has 0 saturated heterocycles. The van der Waals surface area contributed by atoms with Crippen LogP contribution in [0.15, 0.2) is 45.8 Å². The van der Waals surface area contributed by atoms with Gasteiger partial charge in [-0.1, -0.05) is 44.2 Å². The first-order valence-corrected chi connectivity index (χ1v) is 4.73. The molecule has 76 valence electrons. The van der Waals surface area contributed by atoms with Crippen molar-refractivity contribution in [1.82, 2.24) is 0 Å². The zero-order chi connectivity index (χ0) is 10.8. The molecule has 14 heavy (non-hydrogen) atoms. The van der Waals surface area contributed by atoms with Crippen molar-refractivity contribution in [2.75, 3.05) is 7.05 Å². The number of hydrogen-bond acceptors (Lipinski definition) is 2. The van der Waals surface area contributed by atoms with Gasteiger partial charge in [-0.05, 0) is 17.7 Å². The molecule has 0 unspecified atom stereocenters. The van der Waals surface area contributed by atoms with E-state index in [1.54, 1.807) is 7.05 Å². The molecule has 1 rings (SSSR count). The van der Waals surface area contributed by atoms with Crippen LogP contribution in [0.3, 0.4) is 0 Å². The van der Waals surface area contributed by atoms with Gasteiger partial charge in [0.15, 0.2) is 0 Å². The van der Waals surface area contributed by atoms with Crippen LogP contribution < -0.4 is 0 Å². The predicted octanol–water partition coefficient (Wildman–Crippen LogP) is 3.52. The number of nitrogens with zero attached hydrogens (tertiary/aromatic N) is 3. The van der Waals surface area contributed by atoms with Crippen molar-refractivity contribution < 1.29 is 0 Å². The van der Waals surface area contributed by atoms with Gasteiger partial charge in [0.2, 0.25) is 0 Å². The summed E-state index contributed by atoms with van der Waals surface area (Å²) in [4.78, 5) is 0. The average molecular weight is 191 g/mol. The van der Waals surface area contributed by atoms with Crippen LogP contribution in [0.25, 0.3) is 0 Å². The Morgan fingerprint density at radius 3 is 2.14 bits per heavy atom. The quantitative estimate of drug-likeness (QED) is 0.389. The van der Waals surface area contributed by atoms with E-state index in [2.05, 4.69) is 15.4 Å². The van der Waals surface area contributed by atoms with Gasteiger partial charge in [0, 0.05) is 0 Å². The van der Waals surface area contributed by atoms with Crippen molar-refractivity contribution in [2.45, 2.75) is 20.8 Å². The molecule has 0 aliphatic heterocycles. The van der Waals surface area contributed by atoms with E-state index >= 15 is 0 Å². The second kappa shape index (κ2) is 8.10. The molecule has 3 heteroatoms. The molecule has 0 spiro atoms. The van der Waals surface area contributed by atoms with Crippen molar-refractivity contribution >= 4 is 5.71 Å². The molecule has 0 saturated carbocycles. The lowest BCUT2D eigenvalue weighted by Gasteiger charge is -1.95. The fourth-order valence-corrected chi connectivity index (χ4v) is 0.849. The van der Waals surface area contributed by atoms with Gasteiger partial charge in [-0.25, -0.2) is 0 Å². The lowest BCUT2D eigenvalue weighted by molar-refractivity contribution is 1.02. The van der Waals surface area contributed by atoms with Crippen molar-refractivity contribution in [3.8, 4) is 0 Å². The highest BCUT2D eigenvalue weighted by molar-refractivity contribution is 5.98. The first kappa shape index (κ1) is 12.5. The third kappa shape index (κ3) is 4.50. The summed E-state index contributed by atoms with van der Waals surface area (Å²) in [5, 5.41) is 11.0. The van der Waals surface area contributed by atoms with E-state index in [4.69, 9.17) is 0 Å². The van der Waals surface area contributed by atoms with Crippen LogP contribution in [0, 0.1) is 0 Å². The zero-order valence-electron chi connectivity index (χ0n) is 9.23. The molecule has 1 aromatic carbocycles. The minimum absolute atomic E-state index is 0.876. The summed E-state index contributed by atoms with van der Waals surface area (Å²) in [6.07, 6.45) is 0. The minimum Gasteiger partial charge on any atom is -0.172 e. The normalized spacial score (nSPS) is 11.0. The Balaban J connectivity index is 0.000000791. The Morgan fingerprint density at radius 2 is 1.64 bits per heavy atom. The maximum absolute atomic E-state index is 3.89. The first-order chi connectivity index (χ1) is 6.84. The van der Waals surface area contributed by atoms with Crippen molar-refractivity contribution in [3.63, 3.8) is 0 Å². The summed E-state index contributed by atoms with van der Waals surface area (Å²) in [5.74, 6) is 0. The summed E-state index contributed by atoms with van der Waals surface area (Å²) < 4.78 is 0. The summed E-state index contributed by atoms with van der Waals surface area (Å²) in [6, 6.07) is 9.89. The molecule has 0 heterocycles. The van der Waals surface area contributed by atoms with Crippen LogP contribution in [0.5, 0.6) is 0 Å². The standard InChI is InChI=1S/C9H11N3.C2H6/c1-8(11-12-10-2)9-6-4-3-5-7-9;1-2/h3-7H,1-2H3;1-2H3/b11-8+,12-10?;. The molecular weight excluding hydrogens is 174 g/mol. The lowest BCUT2D eigenvalue weighted by Crippen LogP contribution is -1.91. The molecule has 0 aliphatic rings.